The number of ether oxygens (including phenoxy) is 2. The van der Waals surface area contributed by atoms with Crippen molar-refractivity contribution in [2.45, 2.75) is 32.1 Å². The van der Waals surface area contributed by atoms with Gasteiger partial charge in [-0.15, -0.1) is 0 Å². The van der Waals surface area contributed by atoms with Gasteiger partial charge in [0.05, 0.1) is 6.61 Å². The molecule has 32 heavy (non-hydrogen) atoms. The lowest BCUT2D eigenvalue weighted by Crippen LogP contribution is -2.19. The first kappa shape index (κ1) is 23.6. The number of esters is 1. The Balaban J connectivity index is 1.41. The van der Waals surface area contributed by atoms with Crippen molar-refractivity contribution in [2.24, 2.45) is 0 Å². The minimum absolute atomic E-state index is 0.0527. The van der Waals surface area contributed by atoms with Crippen LogP contribution in [0.4, 0.5) is 0 Å². The van der Waals surface area contributed by atoms with Gasteiger partial charge in [0.15, 0.2) is 6.61 Å². The van der Waals surface area contributed by atoms with Crippen molar-refractivity contribution in [3.05, 3.63) is 102 Å². The zero-order chi connectivity index (χ0) is 22.4. The predicted molar refractivity (Wildman–Crippen MR) is 129 cm³/mol. The summed E-state index contributed by atoms with van der Waals surface area (Å²) < 4.78 is 10.4. The molecule has 4 nitrogen and oxygen atoms in total. The van der Waals surface area contributed by atoms with Crippen LogP contribution in [-0.4, -0.2) is 32.3 Å². The van der Waals surface area contributed by atoms with Gasteiger partial charge in [0.1, 0.15) is 5.75 Å². The van der Waals surface area contributed by atoms with Gasteiger partial charge in [-0.2, -0.15) is 0 Å². The van der Waals surface area contributed by atoms with E-state index in [1.165, 1.54) is 16.7 Å². The molecule has 3 aromatic carbocycles. The Hall–Kier alpha value is -3.11. The molecule has 0 spiro atoms. The van der Waals surface area contributed by atoms with E-state index in [0.29, 0.717) is 18.3 Å². The summed E-state index contributed by atoms with van der Waals surface area (Å²) in [4.78, 5) is 11.4. The molecule has 3 aromatic rings. The first-order valence-corrected chi connectivity index (χ1v) is 11.4. The minimum Gasteiger partial charge on any atom is -0.482 e. The molecule has 0 saturated carbocycles. The average molecular weight is 432 g/mol. The zero-order valence-corrected chi connectivity index (χ0v) is 18.8. The van der Waals surface area contributed by atoms with Crippen molar-refractivity contribution in [2.75, 3.05) is 26.3 Å². The Labute approximate surface area is 191 Å². The number of rotatable bonds is 13. The fourth-order valence-corrected chi connectivity index (χ4v) is 3.82. The zero-order valence-electron chi connectivity index (χ0n) is 18.8. The van der Waals surface area contributed by atoms with Crippen LogP contribution in [0.5, 0.6) is 5.75 Å². The molecule has 0 fully saturated rings. The lowest BCUT2D eigenvalue weighted by Gasteiger charge is -2.18. The van der Waals surface area contributed by atoms with Crippen LogP contribution >= 0.6 is 0 Å². The van der Waals surface area contributed by atoms with Gasteiger partial charge in [-0.1, -0.05) is 72.8 Å². The Morgan fingerprint density at radius 2 is 1.56 bits per heavy atom. The number of nitrogens with one attached hydrogen (secondary N) is 1. The van der Waals surface area contributed by atoms with Gasteiger partial charge in [0.2, 0.25) is 0 Å². The van der Waals surface area contributed by atoms with E-state index >= 15 is 0 Å². The molecule has 0 aliphatic heterocycles. The van der Waals surface area contributed by atoms with Crippen LogP contribution in [-0.2, 0) is 16.0 Å². The molecule has 0 heterocycles. The number of hydrogen-bond donors (Lipinski definition) is 1. The van der Waals surface area contributed by atoms with E-state index in [1.807, 2.05) is 18.2 Å². The molecule has 0 bridgehead atoms. The standard InChI is InChI=1S/C28H33NO3/c1-2-31-28(30)22-32-26-17-9-11-23(21-26)12-10-19-29-20-18-27(24-13-5-3-6-14-24)25-15-7-4-8-16-25/h3-9,11,13-17,21,27,29H,2,10,12,18-20,22H2,1H3. The van der Waals surface area contributed by atoms with E-state index in [4.69, 9.17) is 9.47 Å². The summed E-state index contributed by atoms with van der Waals surface area (Å²) in [7, 11) is 0. The highest BCUT2D eigenvalue weighted by molar-refractivity contribution is 5.71. The van der Waals surface area contributed by atoms with E-state index in [-0.39, 0.29) is 12.6 Å². The minimum atomic E-state index is -0.341. The summed E-state index contributed by atoms with van der Waals surface area (Å²) in [5, 5.41) is 3.60. The van der Waals surface area contributed by atoms with Gasteiger partial charge in [-0.25, -0.2) is 4.79 Å². The summed E-state index contributed by atoms with van der Waals surface area (Å²) in [6.07, 6.45) is 3.07. The summed E-state index contributed by atoms with van der Waals surface area (Å²) in [5.74, 6) is 0.765. The molecular weight excluding hydrogens is 398 g/mol. The highest BCUT2D eigenvalue weighted by Crippen LogP contribution is 2.27. The first-order valence-electron chi connectivity index (χ1n) is 11.4. The van der Waals surface area contributed by atoms with Crippen LogP contribution in [0.2, 0.25) is 0 Å². The first-order chi connectivity index (χ1) is 15.8. The summed E-state index contributed by atoms with van der Waals surface area (Å²) in [6, 6.07) is 29.4. The fraction of sp³-hybridized carbons (Fsp3) is 0.321. The topological polar surface area (TPSA) is 47.6 Å². The van der Waals surface area contributed by atoms with Gasteiger partial charge in [0.25, 0.3) is 0 Å². The average Bonchev–Trinajstić information content (AvgIpc) is 2.84. The van der Waals surface area contributed by atoms with Crippen LogP contribution in [0, 0.1) is 0 Å². The Morgan fingerprint density at radius 1 is 0.875 bits per heavy atom. The summed E-state index contributed by atoms with van der Waals surface area (Å²) in [6.45, 7) is 4.03. The van der Waals surface area contributed by atoms with Crippen LogP contribution in [0.25, 0.3) is 0 Å². The van der Waals surface area contributed by atoms with Crippen LogP contribution in [0.3, 0.4) is 0 Å². The Kier molecular flexibility index (Phi) is 9.81. The maximum Gasteiger partial charge on any atom is 0.344 e. The largest absolute Gasteiger partial charge is 0.482 e. The van der Waals surface area contributed by atoms with E-state index in [9.17, 15) is 4.79 Å². The molecule has 1 N–H and O–H groups in total. The van der Waals surface area contributed by atoms with Crippen molar-refractivity contribution >= 4 is 5.97 Å². The second-order valence-electron chi connectivity index (χ2n) is 7.76. The van der Waals surface area contributed by atoms with Gasteiger partial charge < -0.3 is 14.8 Å². The maximum absolute atomic E-state index is 11.4. The second kappa shape index (κ2) is 13.3. The SMILES string of the molecule is CCOC(=O)COc1cccc(CCCNCCC(c2ccccc2)c2ccccc2)c1. The van der Waals surface area contributed by atoms with Crippen LogP contribution in [0.15, 0.2) is 84.9 Å². The maximum atomic E-state index is 11.4. The predicted octanol–water partition coefficient (Wildman–Crippen LogP) is 5.37. The molecule has 0 radical (unpaired) electrons. The number of carbonyl (C=O) groups is 1. The molecule has 0 atom stereocenters. The summed E-state index contributed by atoms with van der Waals surface area (Å²) >= 11 is 0. The normalized spacial score (nSPS) is 10.8. The number of carbonyl (C=O) groups excluding carboxylic acids is 1. The molecule has 0 aromatic heterocycles. The molecule has 0 unspecified atom stereocenters. The van der Waals surface area contributed by atoms with Crippen molar-refractivity contribution < 1.29 is 14.3 Å². The van der Waals surface area contributed by atoms with E-state index in [2.05, 4.69) is 72.0 Å². The van der Waals surface area contributed by atoms with Crippen LogP contribution < -0.4 is 10.1 Å². The lowest BCUT2D eigenvalue weighted by atomic mass is 9.88. The highest BCUT2D eigenvalue weighted by Gasteiger charge is 2.13. The highest BCUT2D eigenvalue weighted by atomic mass is 16.6. The van der Waals surface area contributed by atoms with Gasteiger partial charge in [-0.05, 0) is 68.1 Å². The molecule has 0 aliphatic carbocycles. The third-order valence-electron chi connectivity index (χ3n) is 5.39. The van der Waals surface area contributed by atoms with E-state index in [0.717, 1.165) is 32.4 Å². The van der Waals surface area contributed by atoms with Gasteiger partial charge in [-0.3, -0.25) is 0 Å². The van der Waals surface area contributed by atoms with Crippen molar-refractivity contribution in [1.82, 2.24) is 5.32 Å². The van der Waals surface area contributed by atoms with Crippen LogP contribution in [0.1, 0.15) is 42.4 Å². The molecule has 0 saturated heterocycles. The fourth-order valence-electron chi connectivity index (χ4n) is 3.82. The van der Waals surface area contributed by atoms with Crippen molar-refractivity contribution in [3.8, 4) is 5.75 Å². The second-order valence-corrected chi connectivity index (χ2v) is 7.76. The van der Waals surface area contributed by atoms with Crippen molar-refractivity contribution in [1.29, 1.82) is 0 Å². The van der Waals surface area contributed by atoms with E-state index < -0.39 is 0 Å². The molecule has 0 amide bonds. The number of benzene rings is 3. The molecule has 0 aliphatic rings. The van der Waals surface area contributed by atoms with Gasteiger partial charge in [0, 0.05) is 5.92 Å². The number of aryl methyl sites for hydroxylation is 1. The monoisotopic (exact) mass is 431 g/mol. The Bertz CT molecular complexity index is 888. The third kappa shape index (κ3) is 7.86. The quantitative estimate of drug-likeness (QED) is 0.292. The van der Waals surface area contributed by atoms with Crippen molar-refractivity contribution in [3.63, 3.8) is 0 Å². The van der Waals surface area contributed by atoms with Gasteiger partial charge >= 0.3 is 5.97 Å². The molecular formula is C28H33NO3. The summed E-state index contributed by atoms with van der Waals surface area (Å²) in [5.41, 5.74) is 3.93. The number of hydrogen-bond acceptors (Lipinski definition) is 4. The Morgan fingerprint density at radius 3 is 2.22 bits per heavy atom. The smallest absolute Gasteiger partial charge is 0.344 e. The molecule has 168 valence electrons. The molecule has 4 heteroatoms. The molecule has 3 rings (SSSR count). The third-order valence-corrected chi connectivity index (χ3v) is 5.39. The van der Waals surface area contributed by atoms with E-state index in [1.54, 1.807) is 6.92 Å². The lowest BCUT2D eigenvalue weighted by molar-refractivity contribution is -0.145.